The van der Waals surface area contributed by atoms with Gasteiger partial charge in [-0.15, -0.1) is 0 Å². The summed E-state index contributed by atoms with van der Waals surface area (Å²) in [6.07, 6.45) is 0. The first-order chi connectivity index (χ1) is 6.30. The van der Waals surface area contributed by atoms with Gasteiger partial charge in [-0.05, 0) is 0 Å². The van der Waals surface area contributed by atoms with E-state index >= 15 is 0 Å². The number of nitro benzene ring substituents is 1. The van der Waals surface area contributed by atoms with Gasteiger partial charge in [0.25, 0.3) is 0 Å². The molecule has 0 aliphatic carbocycles. The fraction of sp³-hybridized carbons (Fsp3) is 0. The standard InChI is InChI=1S/C6H4NO2.Na.H3O4P/c8-7(9)6-4-2-1-3-5-6;;1-5(2,3)4/h2-5H;;(H3,1,2,3,4)/q-1;+1;/p-3. The van der Waals surface area contributed by atoms with Crippen LogP contribution < -0.4 is 44.2 Å². The van der Waals surface area contributed by atoms with Crippen molar-refractivity contribution in [3.8, 4) is 0 Å². The minimum absolute atomic E-state index is 0. The molecule has 0 aliphatic rings. The average Bonchev–Trinajstić information content (AvgIpc) is 2.03. The van der Waals surface area contributed by atoms with Crippen molar-refractivity contribution in [3.05, 3.63) is 40.4 Å². The maximum Gasteiger partial charge on any atom is 1.00 e. The van der Waals surface area contributed by atoms with Crippen LogP contribution >= 0.6 is 7.82 Å². The van der Waals surface area contributed by atoms with E-state index in [9.17, 15) is 10.1 Å². The van der Waals surface area contributed by atoms with E-state index in [2.05, 4.69) is 6.07 Å². The summed E-state index contributed by atoms with van der Waals surface area (Å²) in [5, 5.41) is 9.99. The molecule has 1 aromatic rings. The monoisotopic (exact) mass is 240 g/mol. The summed E-state index contributed by atoms with van der Waals surface area (Å²) in [6.45, 7) is 0. The van der Waals surface area contributed by atoms with Gasteiger partial charge >= 0.3 is 29.6 Å². The topological polar surface area (TPSA) is 129 Å². The largest absolute Gasteiger partial charge is 1.00 e. The molecule has 0 saturated carbocycles. The van der Waals surface area contributed by atoms with Gasteiger partial charge in [0.1, 0.15) is 0 Å². The van der Waals surface area contributed by atoms with E-state index in [4.69, 9.17) is 19.2 Å². The van der Waals surface area contributed by atoms with Crippen LogP contribution in [0.2, 0.25) is 0 Å². The van der Waals surface area contributed by atoms with Crippen LogP contribution in [0.25, 0.3) is 0 Å². The second-order valence-electron chi connectivity index (χ2n) is 1.96. The third-order valence-corrected chi connectivity index (χ3v) is 0.911. The summed E-state index contributed by atoms with van der Waals surface area (Å²) in [7, 11) is -5.39. The van der Waals surface area contributed by atoms with Crippen LogP contribution in [-0.4, -0.2) is 4.92 Å². The van der Waals surface area contributed by atoms with Gasteiger partial charge in [0, 0.05) is 4.92 Å². The molecule has 0 bridgehead atoms. The number of nitrogens with zero attached hydrogens (tertiary/aromatic N) is 1. The Balaban J connectivity index is 0. The molecule has 15 heavy (non-hydrogen) atoms. The van der Waals surface area contributed by atoms with Crippen molar-refractivity contribution in [2.45, 2.75) is 0 Å². The molecule has 1 aromatic carbocycles. The SMILES string of the molecule is O=P([O-])([O-])[O-].O=[N+]([O-])c1cc[c-]cc1.[Na+]. The van der Waals surface area contributed by atoms with E-state index in [1.165, 1.54) is 24.3 Å². The number of nitro groups is 1. The third-order valence-electron chi connectivity index (χ3n) is 0.911. The van der Waals surface area contributed by atoms with Gasteiger partial charge < -0.3 is 19.2 Å². The van der Waals surface area contributed by atoms with E-state index in [-0.39, 0.29) is 35.2 Å². The summed E-state index contributed by atoms with van der Waals surface area (Å²) < 4.78 is 8.55. The molecule has 1 rings (SSSR count). The maximum atomic E-state index is 9.99. The van der Waals surface area contributed by atoms with Gasteiger partial charge in [-0.25, -0.2) is 0 Å². The zero-order valence-electron chi connectivity index (χ0n) is 7.65. The molecule has 0 radical (unpaired) electrons. The molecule has 0 aromatic heterocycles. The van der Waals surface area contributed by atoms with Crippen LogP contribution in [-0.2, 0) is 4.57 Å². The molecule has 0 saturated heterocycles. The zero-order valence-corrected chi connectivity index (χ0v) is 10.5. The fourth-order valence-corrected chi connectivity index (χ4v) is 0.500. The number of rotatable bonds is 1. The maximum absolute atomic E-state index is 9.99. The Morgan fingerprint density at radius 2 is 1.53 bits per heavy atom. The van der Waals surface area contributed by atoms with Gasteiger partial charge in [0.05, 0.1) is 0 Å². The van der Waals surface area contributed by atoms with E-state index in [0.717, 1.165) is 0 Å². The first kappa shape index (κ1) is 17.1. The molecular weight excluding hydrogens is 236 g/mol. The molecule has 0 heterocycles. The number of hydrogen-bond acceptors (Lipinski definition) is 6. The normalized spacial score (nSPS) is 9.27. The van der Waals surface area contributed by atoms with Crippen LogP contribution in [0.5, 0.6) is 0 Å². The van der Waals surface area contributed by atoms with E-state index in [1.807, 2.05) is 0 Å². The Kier molecular flexibility index (Phi) is 9.08. The number of non-ortho nitro benzene ring substituents is 1. The zero-order chi connectivity index (χ0) is 11.2. The predicted octanol–water partition coefficient (Wildman–Crippen LogP) is -4.43. The first-order valence-electron chi connectivity index (χ1n) is 3.14. The van der Waals surface area contributed by atoms with Gasteiger partial charge in [-0.2, -0.15) is 26.0 Å². The molecule has 0 aliphatic heterocycles. The van der Waals surface area contributed by atoms with Crippen molar-refractivity contribution in [1.29, 1.82) is 0 Å². The molecule has 78 valence electrons. The quantitative estimate of drug-likeness (QED) is 0.160. The molecule has 0 N–H and O–H groups in total. The predicted molar refractivity (Wildman–Crippen MR) is 39.5 cm³/mol. The van der Waals surface area contributed by atoms with E-state index < -0.39 is 12.7 Å². The average molecular weight is 240 g/mol. The molecule has 0 spiro atoms. The minimum atomic E-state index is -5.39. The molecular formula is C6H4NNaO6P-3. The van der Waals surface area contributed by atoms with Crippen LogP contribution in [0.3, 0.4) is 0 Å². The minimum Gasteiger partial charge on any atom is -0.822 e. The molecule has 0 atom stereocenters. The Morgan fingerprint density at radius 3 is 1.73 bits per heavy atom. The number of benzene rings is 1. The fourth-order valence-electron chi connectivity index (χ4n) is 0.500. The van der Waals surface area contributed by atoms with Gasteiger partial charge in [0.15, 0.2) is 5.69 Å². The summed E-state index contributed by atoms with van der Waals surface area (Å²) in [6, 6.07) is 8.51. The number of phosphoric acid groups is 1. The van der Waals surface area contributed by atoms with E-state index in [1.54, 1.807) is 0 Å². The van der Waals surface area contributed by atoms with Gasteiger partial charge in [-0.3, -0.25) is 10.1 Å². The van der Waals surface area contributed by atoms with Crippen molar-refractivity contribution in [3.63, 3.8) is 0 Å². The second-order valence-corrected chi connectivity index (χ2v) is 2.86. The summed E-state index contributed by atoms with van der Waals surface area (Å²) in [5.74, 6) is 0. The van der Waals surface area contributed by atoms with Gasteiger partial charge in [-0.1, -0.05) is 12.1 Å². The molecule has 0 unspecified atom stereocenters. The Morgan fingerprint density at radius 1 is 1.20 bits per heavy atom. The van der Waals surface area contributed by atoms with Crippen LogP contribution in [0.15, 0.2) is 24.3 Å². The van der Waals surface area contributed by atoms with E-state index in [0.29, 0.717) is 0 Å². The smallest absolute Gasteiger partial charge is 0.822 e. The molecule has 9 heteroatoms. The molecule has 0 fully saturated rings. The van der Waals surface area contributed by atoms with Gasteiger partial charge in [0.2, 0.25) is 0 Å². The van der Waals surface area contributed by atoms with Crippen molar-refractivity contribution in [2.24, 2.45) is 0 Å². The third kappa shape index (κ3) is 13.7. The van der Waals surface area contributed by atoms with Crippen molar-refractivity contribution < 1.29 is 53.7 Å². The first-order valence-corrected chi connectivity index (χ1v) is 4.60. The Bertz CT molecular complexity index is 330. The second kappa shape index (κ2) is 7.95. The van der Waals surface area contributed by atoms with Crippen LogP contribution in [0.4, 0.5) is 5.69 Å². The Hall–Kier alpha value is -0.270. The van der Waals surface area contributed by atoms with Crippen LogP contribution in [0, 0.1) is 16.2 Å². The van der Waals surface area contributed by atoms with Crippen molar-refractivity contribution in [1.82, 2.24) is 0 Å². The summed E-state index contributed by atoms with van der Waals surface area (Å²) >= 11 is 0. The number of hydrogen-bond donors (Lipinski definition) is 0. The van der Waals surface area contributed by atoms with Crippen molar-refractivity contribution in [2.75, 3.05) is 0 Å². The molecule has 0 amide bonds. The summed E-state index contributed by atoms with van der Waals surface area (Å²) in [4.78, 5) is 35.2. The van der Waals surface area contributed by atoms with Crippen molar-refractivity contribution >= 4 is 13.5 Å². The van der Waals surface area contributed by atoms with Crippen LogP contribution in [0.1, 0.15) is 0 Å². The Labute approximate surface area is 107 Å². The molecule has 7 nitrogen and oxygen atoms in total. The summed E-state index contributed by atoms with van der Waals surface area (Å²) in [5.41, 5.74) is 0.105.